The van der Waals surface area contributed by atoms with Crippen LogP contribution in [0.15, 0.2) is 24.3 Å². The van der Waals surface area contributed by atoms with Crippen LogP contribution in [0, 0.1) is 5.92 Å². The minimum absolute atomic E-state index is 0.0242. The van der Waals surface area contributed by atoms with Crippen molar-refractivity contribution < 1.29 is 9.90 Å². The SMILES string of the molecule is CC1(N)CCCCC1C(=O)N1CCN(Cc2cccc(O)c2)CC1. The average molecular weight is 331 g/mol. The van der Waals surface area contributed by atoms with Crippen molar-refractivity contribution in [3.05, 3.63) is 29.8 Å². The van der Waals surface area contributed by atoms with Crippen LogP contribution in [-0.2, 0) is 11.3 Å². The lowest BCUT2D eigenvalue weighted by molar-refractivity contribution is -0.140. The lowest BCUT2D eigenvalue weighted by Crippen LogP contribution is -2.57. The zero-order valence-corrected chi connectivity index (χ0v) is 14.6. The molecule has 1 aliphatic heterocycles. The van der Waals surface area contributed by atoms with E-state index in [-0.39, 0.29) is 17.4 Å². The number of nitrogens with zero attached hydrogens (tertiary/aromatic N) is 2. The molecule has 132 valence electrons. The first kappa shape index (κ1) is 17.2. The van der Waals surface area contributed by atoms with Gasteiger partial charge in [-0.2, -0.15) is 0 Å². The van der Waals surface area contributed by atoms with Crippen LogP contribution in [0.5, 0.6) is 5.75 Å². The fourth-order valence-corrected chi connectivity index (χ4v) is 4.02. The molecule has 5 heteroatoms. The molecule has 3 rings (SSSR count). The van der Waals surface area contributed by atoms with Crippen LogP contribution in [0.3, 0.4) is 0 Å². The Morgan fingerprint density at radius 2 is 2.04 bits per heavy atom. The number of hydrogen-bond acceptors (Lipinski definition) is 4. The Morgan fingerprint density at radius 1 is 1.29 bits per heavy atom. The molecule has 2 aliphatic rings. The number of benzene rings is 1. The Bertz CT molecular complexity index is 580. The Hall–Kier alpha value is -1.59. The molecule has 1 aromatic rings. The summed E-state index contributed by atoms with van der Waals surface area (Å²) in [5.41, 5.74) is 7.15. The lowest BCUT2D eigenvalue weighted by atomic mass is 9.74. The second kappa shape index (κ2) is 7.11. The summed E-state index contributed by atoms with van der Waals surface area (Å²) in [5.74, 6) is 0.529. The van der Waals surface area contributed by atoms with Gasteiger partial charge in [0.1, 0.15) is 5.75 Å². The fraction of sp³-hybridized carbons (Fsp3) is 0.632. The quantitative estimate of drug-likeness (QED) is 0.888. The summed E-state index contributed by atoms with van der Waals surface area (Å²) in [6.45, 7) is 6.13. The van der Waals surface area contributed by atoms with Crippen LogP contribution in [0.4, 0.5) is 0 Å². The maximum atomic E-state index is 12.9. The van der Waals surface area contributed by atoms with Gasteiger partial charge in [-0.05, 0) is 37.5 Å². The van der Waals surface area contributed by atoms with Crippen molar-refractivity contribution >= 4 is 5.91 Å². The predicted octanol–water partition coefficient (Wildman–Crippen LogP) is 1.94. The predicted molar refractivity (Wildman–Crippen MR) is 94.5 cm³/mol. The highest BCUT2D eigenvalue weighted by atomic mass is 16.3. The van der Waals surface area contributed by atoms with Gasteiger partial charge in [0.15, 0.2) is 0 Å². The second-order valence-corrected chi connectivity index (χ2v) is 7.58. The molecule has 1 saturated heterocycles. The molecule has 3 N–H and O–H groups in total. The Morgan fingerprint density at radius 3 is 2.71 bits per heavy atom. The minimum atomic E-state index is -0.353. The number of phenolic OH excluding ortho intramolecular Hbond substituents is 1. The highest BCUT2D eigenvalue weighted by Gasteiger charge is 2.40. The summed E-state index contributed by atoms with van der Waals surface area (Å²) in [4.78, 5) is 17.2. The van der Waals surface area contributed by atoms with Crippen molar-refractivity contribution in [2.24, 2.45) is 11.7 Å². The van der Waals surface area contributed by atoms with Gasteiger partial charge in [0.25, 0.3) is 0 Å². The average Bonchev–Trinajstić information content (AvgIpc) is 2.55. The molecule has 1 aromatic carbocycles. The van der Waals surface area contributed by atoms with E-state index < -0.39 is 0 Å². The molecule has 0 radical (unpaired) electrons. The van der Waals surface area contributed by atoms with E-state index in [0.29, 0.717) is 5.75 Å². The van der Waals surface area contributed by atoms with Gasteiger partial charge in [-0.25, -0.2) is 0 Å². The molecule has 1 saturated carbocycles. The largest absolute Gasteiger partial charge is 0.508 e. The molecule has 2 atom stereocenters. The molecular weight excluding hydrogens is 302 g/mol. The van der Waals surface area contributed by atoms with Crippen LogP contribution in [0.1, 0.15) is 38.2 Å². The highest BCUT2D eigenvalue weighted by molar-refractivity contribution is 5.80. The van der Waals surface area contributed by atoms with Crippen LogP contribution >= 0.6 is 0 Å². The molecule has 0 bridgehead atoms. The van der Waals surface area contributed by atoms with Gasteiger partial charge in [-0.1, -0.05) is 25.0 Å². The Labute approximate surface area is 144 Å². The molecule has 5 nitrogen and oxygen atoms in total. The third kappa shape index (κ3) is 3.90. The summed E-state index contributed by atoms with van der Waals surface area (Å²) < 4.78 is 0. The Kier molecular flexibility index (Phi) is 5.11. The van der Waals surface area contributed by atoms with Gasteiger partial charge in [0.05, 0.1) is 5.92 Å². The highest BCUT2D eigenvalue weighted by Crippen LogP contribution is 2.33. The first-order chi connectivity index (χ1) is 11.5. The molecular formula is C19H29N3O2. The zero-order chi connectivity index (χ0) is 17.2. The summed E-state index contributed by atoms with van der Waals surface area (Å²) >= 11 is 0. The van der Waals surface area contributed by atoms with Gasteiger partial charge in [-0.3, -0.25) is 9.69 Å². The zero-order valence-electron chi connectivity index (χ0n) is 14.6. The van der Waals surface area contributed by atoms with E-state index >= 15 is 0 Å². The monoisotopic (exact) mass is 331 g/mol. The van der Waals surface area contributed by atoms with E-state index in [4.69, 9.17) is 5.73 Å². The molecule has 1 amide bonds. The molecule has 24 heavy (non-hydrogen) atoms. The third-order valence-corrected chi connectivity index (χ3v) is 5.55. The summed E-state index contributed by atoms with van der Waals surface area (Å²) in [7, 11) is 0. The molecule has 1 heterocycles. The molecule has 1 aliphatic carbocycles. The van der Waals surface area contributed by atoms with E-state index in [9.17, 15) is 9.90 Å². The van der Waals surface area contributed by atoms with Crippen LogP contribution < -0.4 is 5.73 Å². The molecule has 2 fully saturated rings. The summed E-state index contributed by atoms with van der Waals surface area (Å²) in [6.07, 6.45) is 4.12. The van der Waals surface area contributed by atoms with Crippen molar-refractivity contribution in [3.8, 4) is 5.75 Å². The Balaban J connectivity index is 1.54. The van der Waals surface area contributed by atoms with Gasteiger partial charge >= 0.3 is 0 Å². The molecule has 0 spiro atoms. The number of phenols is 1. The first-order valence-corrected chi connectivity index (χ1v) is 9.04. The van der Waals surface area contributed by atoms with Crippen molar-refractivity contribution in [1.82, 2.24) is 9.80 Å². The fourth-order valence-electron chi connectivity index (χ4n) is 4.02. The molecule has 2 unspecified atom stereocenters. The van der Waals surface area contributed by atoms with E-state index in [1.165, 1.54) is 0 Å². The topological polar surface area (TPSA) is 69.8 Å². The van der Waals surface area contributed by atoms with Crippen molar-refractivity contribution in [2.75, 3.05) is 26.2 Å². The van der Waals surface area contributed by atoms with Crippen molar-refractivity contribution in [2.45, 2.75) is 44.7 Å². The number of carbonyl (C=O) groups excluding carboxylic acids is 1. The minimum Gasteiger partial charge on any atom is -0.508 e. The summed E-state index contributed by atoms with van der Waals surface area (Å²) in [6, 6.07) is 7.39. The lowest BCUT2D eigenvalue weighted by Gasteiger charge is -2.42. The maximum absolute atomic E-state index is 12.9. The van der Waals surface area contributed by atoms with Crippen molar-refractivity contribution in [1.29, 1.82) is 0 Å². The standard InChI is InChI=1S/C19H29N3O2/c1-19(20)8-3-2-7-17(19)18(24)22-11-9-21(10-12-22)14-15-5-4-6-16(23)13-15/h4-6,13,17,23H,2-3,7-12,14,20H2,1H3. The van der Waals surface area contributed by atoms with E-state index in [1.807, 2.05) is 24.0 Å². The van der Waals surface area contributed by atoms with Crippen LogP contribution in [-0.4, -0.2) is 52.5 Å². The van der Waals surface area contributed by atoms with Crippen LogP contribution in [0.2, 0.25) is 0 Å². The number of hydrogen-bond donors (Lipinski definition) is 2. The molecule has 0 aromatic heterocycles. The van der Waals surface area contributed by atoms with E-state index in [1.54, 1.807) is 12.1 Å². The summed E-state index contributed by atoms with van der Waals surface area (Å²) in [5, 5.41) is 9.57. The normalized spacial score (nSPS) is 28.8. The number of rotatable bonds is 3. The second-order valence-electron chi connectivity index (χ2n) is 7.58. The number of amides is 1. The number of carbonyl (C=O) groups is 1. The van der Waals surface area contributed by atoms with Crippen molar-refractivity contribution in [3.63, 3.8) is 0 Å². The number of nitrogens with two attached hydrogens (primary N) is 1. The van der Waals surface area contributed by atoms with Gasteiger partial charge < -0.3 is 15.7 Å². The van der Waals surface area contributed by atoms with E-state index in [2.05, 4.69) is 4.90 Å². The third-order valence-electron chi connectivity index (χ3n) is 5.55. The first-order valence-electron chi connectivity index (χ1n) is 9.04. The number of aromatic hydroxyl groups is 1. The maximum Gasteiger partial charge on any atom is 0.227 e. The van der Waals surface area contributed by atoms with Gasteiger partial charge in [0, 0.05) is 38.3 Å². The van der Waals surface area contributed by atoms with E-state index in [0.717, 1.165) is 64.0 Å². The number of piperazine rings is 1. The van der Waals surface area contributed by atoms with Gasteiger partial charge in [0.2, 0.25) is 5.91 Å². The smallest absolute Gasteiger partial charge is 0.227 e. The van der Waals surface area contributed by atoms with Crippen LogP contribution in [0.25, 0.3) is 0 Å². The van der Waals surface area contributed by atoms with Gasteiger partial charge in [-0.15, -0.1) is 0 Å².